The van der Waals surface area contributed by atoms with E-state index in [0.29, 0.717) is 18.1 Å². The second-order valence-corrected chi connectivity index (χ2v) is 8.60. The van der Waals surface area contributed by atoms with Crippen molar-refractivity contribution in [3.05, 3.63) is 71.1 Å². The molecule has 2 aromatic heterocycles. The normalized spacial score (nSPS) is 16.2. The van der Waals surface area contributed by atoms with Crippen LogP contribution in [0.25, 0.3) is 16.2 Å². The van der Waals surface area contributed by atoms with Gasteiger partial charge in [0, 0.05) is 30.5 Å². The summed E-state index contributed by atoms with van der Waals surface area (Å²) in [7, 11) is 0. The number of nitrogens with zero attached hydrogens (tertiary/aromatic N) is 4. The first-order valence-electron chi connectivity index (χ1n) is 10.1. The molecule has 4 aromatic rings. The van der Waals surface area contributed by atoms with Crippen LogP contribution in [0, 0.1) is 12.8 Å². The minimum Gasteiger partial charge on any atom is -0.338 e. The number of hydrogen-bond donors (Lipinski definition) is 1. The number of benzene rings is 2. The molecule has 1 fully saturated rings. The topological polar surface area (TPSA) is 79.6 Å². The Morgan fingerprint density at radius 1 is 1.16 bits per heavy atom. The summed E-state index contributed by atoms with van der Waals surface area (Å²) in [6.45, 7) is 2.96. The SMILES string of the molecule is Cc1ccc(-c2csc3nc(NC(=O)C4CC(=O)N(Cc5ccccc5)C4)nn23)cc1. The third kappa shape index (κ3) is 3.94. The first kappa shape index (κ1) is 19.4. The third-order valence-electron chi connectivity index (χ3n) is 5.47. The molecule has 7 nitrogen and oxygen atoms in total. The molecular formula is C23H21N5O2S. The minimum absolute atomic E-state index is 0.00977. The number of nitrogens with one attached hydrogen (secondary N) is 1. The zero-order valence-corrected chi connectivity index (χ0v) is 17.8. The van der Waals surface area contributed by atoms with Crippen LogP contribution < -0.4 is 5.32 Å². The lowest BCUT2D eigenvalue weighted by Gasteiger charge is -2.16. The van der Waals surface area contributed by atoms with Crippen molar-refractivity contribution in [2.24, 2.45) is 5.92 Å². The van der Waals surface area contributed by atoms with E-state index in [2.05, 4.69) is 27.5 Å². The fourth-order valence-corrected chi connectivity index (χ4v) is 4.60. The highest BCUT2D eigenvalue weighted by Crippen LogP contribution is 2.27. The Morgan fingerprint density at radius 3 is 2.71 bits per heavy atom. The quantitative estimate of drug-likeness (QED) is 0.522. The van der Waals surface area contributed by atoms with E-state index in [0.717, 1.165) is 16.8 Å². The molecule has 8 heteroatoms. The van der Waals surface area contributed by atoms with Crippen LogP contribution in [0.1, 0.15) is 17.5 Å². The maximum Gasteiger partial charge on any atom is 0.250 e. The maximum atomic E-state index is 12.8. The van der Waals surface area contributed by atoms with Crippen molar-refractivity contribution in [3.8, 4) is 11.3 Å². The van der Waals surface area contributed by atoms with Gasteiger partial charge in [0.15, 0.2) is 0 Å². The number of fused-ring (bicyclic) bond motifs is 1. The van der Waals surface area contributed by atoms with E-state index < -0.39 is 5.92 Å². The van der Waals surface area contributed by atoms with Gasteiger partial charge in [0.1, 0.15) is 0 Å². The van der Waals surface area contributed by atoms with E-state index in [-0.39, 0.29) is 24.2 Å². The molecule has 5 rings (SSSR count). The highest BCUT2D eigenvalue weighted by Gasteiger charge is 2.34. The van der Waals surface area contributed by atoms with Gasteiger partial charge in [-0.1, -0.05) is 60.2 Å². The largest absolute Gasteiger partial charge is 0.338 e. The van der Waals surface area contributed by atoms with Gasteiger partial charge >= 0.3 is 0 Å². The van der Waals surface area contributed by atoms with Crippen molar-refractivity contribution in [1.82, 2.24) is 19.5 Å². The number of anilines is 1. The maximum absolute atomic E-state index is 12.8. The fourth-order valence-electron chi connectivity index (χ4n) is 3.77. The molecule has 0 bridgehead atoms. The smallest absolute Gasteiger partial charge is 0.250 e. The predicted molar refractivity (Wildman–Crippen MR) is 120 cm³/mol. The van der Waals surface area contributed by atoms with E-state index in [9.17, 15) is 9.59 Å². The van der Waals surface area contributed by atoms with Gasteiger partial charge < -0.3 is 4.90 Å². The van der Waals surface area contributed by atoms with Crippen LogP contribution in [0.15, 0.2) is 60.0 Å². The summed E-state index contributed by atoms with van der Waals surface area (Å²) in [6, 6.07) is 18.0. The molecule has 156 valence electrons. The van der Waals surface area contributed by atoms with Crippen molar-refractivity contribution < 1.29 is 9.59 Å². The average molecular weight is 432 g/mol. The highest BCUT2D eigenvalue weighted by molar-refractivity contribution is 7.15. The number of likely N-dealkylation sites (tertiary alicyclic amines) is 1. The number of aryl methyl sites for hydroxylation is 1. The Hall–Kier alpha value is -3.52. The van der Waals surface area contributed by atoms with E-state index >= 15 is 0 Å². The average Bonchev–Trinajstić information content (AvgIpc) is 3.44. The van der Waals surface area contributed by atoms with Crippen molar-refractivity contribution in [2.45, 2.75) is 19.9 Å². The van der Waals surface area contributed by atoms with Crippen LogP contribution in [0.3, 0.4) is 0 Å². The van der Waals surface area contributed by atoms with Gasteiger partial charge in [0.2, 0.25) is 22.7 Å². The molecule has 3 heterocycles. The second-order valence-electron chi connectivity index (χ2n) is 7.77. The molecule has 31 heavy (non-hydrogen) atoms. The van der Waals surface area contributed by atoms with Crippen LogP contribution >= 0.6 is 11.3 Å². The molecule has 0 saturated carbocycles. The molecule has 0 radical (unpaired) electrons. The molecule has 1 saturated heterocycles. The Labute approximate surface area is 183 Å². The summed E-state index contributed by atoms with van der Waals surface area (Å²) in [5, 5.41) is 9.27. The monoisotopic (exact) mass is 431 g/mol. The molecule has 0 spiro atoms. The van der Waals surface area contributed by atoms with Crippen LogP contribution in [0.5, 0.6) is 0 Å². The van der Waals surface area contributed by atoms with Crippen LogP contribution in [-0.2, 0) is 16.1 Å². The van der Waals surface area contributed by atoms with Crippen LogP contribution in [-0.4, -0.2) is 37.9 Å². The first-order valence-corrected chi connectivity index (χ1v) is 11.0. The lowest BCUT2D eigenvalue weighted by atomic mass is 10.1. The Kier molecular flexibility index (Phi) is 4.99. The van der Waals surface area contributed by atoms with Gasteiger partial charge in [-0.3, -0.25) is 14.9 Å². The van der Waals surface area contributed by atoms with E-state index in [1.165, 1.54) is 16.9 Å². The van der Waals surface area contributed by atoms with Crippen molar-refractivity contribution in [3.63, 3.8) is 0 Å². The lowest BCUT2D eigenvalue weighted by Crippen LogP contribution is -2.28. The minimum atomic E-state index is -0.408. The standard InChI is InChI=1S/C23H21N5O2S/c1-15-7-9-17(10-8-15)19-14-31-23-25-22(26-28(19)23)24-21(30)18-11-20(29)27(13-18)12-16-5-3-2-4-6-16/h2-10,14,18H,11-13H2,1H3,(H,24,26,30). The number of carbonyl (C=O) groups excluding carboxylic acids is 2. The molecule has 1 atom stereocenters. The summed E-state index contributed by atoms with van der Waals surface area (Å²) in [5.41, 5.74) is 4.21. The predicted octanol–water partition coefficient (Wildman–Crippen LogP) is 3.75. The van der Waals surface area contributed by atoms with Gasteiger partial charge in [-0.05, 0) is 12.5 Å². The number of rotatable bonds is 5. The van der Waals surface area contributed by atoms with Crippen molar-refractivity contribution in [1.29, 1.82) is 0 Å². The van der Waals surface area contributed by atoms with Crippen LogP contribution in [0.4, 0.5) is 5.95 Å². The van der Waals surface area contributed by atoms with Gasteiger partial charge in [0.05, 0.1) is 11.6 Å². The van der Waals surface area contributed by atoms with Crippen LogP contribution in [0.2, 0.25) is 0 Å². The van der Waals surface area contributed by atoms with Crippen molar-refractivity contribution in [2.75, 3.05) is 11.9 Å². The highest BCUT2D eigenvalue weighted by atomic mass is 32.1. The molecule has 2 aromatic carbocycles. The first-order chi connectivity index (χ1) is 15.1. The summed E-state index contributed by atoms with van der Waals surface area (Å²) in [4.78, 5) is 32.0. The van der Waals surface area contributed by atoms with Gasteiger partial charge in [-0.15, -0.1) is 16.4 Å². The van der Waals surface area contributed by atoms with Gasteiger partial charge in [-0.25, -0.2) is 4.52 Å². The molecule has 1 aliphatic rings. The molecule has 0 aliphatic carbocycles. The van der Waals surface area contributed by atoms with E-state index in [4.69, 9.17) is 0 Å². The molecule has 2 amide bonds. The summed E-state index contributed by atoms with van der Waals surface area (Å²) in [6.07, 6.45) is 0.204. The second kappa shape index (κ2) is 7.96. The summed E-state index contributed by atoms with van der Waals surface area (Å²) in [5.74, 6) is -0.378. The number of thiazole rings is 1. The number of amides is 2. The van der Waals surface area contributed by atoms with E-state index in [1.807, 2.05) is 54.8 Å². The number of aromatic nitrogens is 3. The fraction of sp³-hybridized carbons (Fsp3) is 0.217. The Balaban J connectivity index is 1.28. The molecule has 1 unspecified atom stereocenters. The zero-order chi connectivity index (χ0) is 21.4. The summed E-state index contributed by atoms with van der Waals surface area (Å²) < 4.78 is 1.74. The zero-order valence-electron chi connectivity index (χ0n) is 17.0. The molecular weight excluding hydrogens is 410 g/mol. The van der Waals surface area contributed by atoms with Crippen molar-refractivity contribution >= 4 is 34.1 Å². The molecule has 1 N–H and O–H groups in total. The Morgan fingerprint density at radius 2 is 1.94 bits per heavy atom. The van der Waals surface area contributed by atoms with Gasteiger partial charge in [-0.2, -0.15) is 4.98 Å². The summed E-state index contributed by atoms with van der Waals surface area (Å²) >= 11 is 1.47. The lowest BCUT2D eigenvalue weighted by molar-refractivity contribution is -0.128. The number of carbonyl (C=O) groups is 2. The van der Waals surface area contributed by atoms with E-state index in [1.54, 1.807) is 9.42 Å². The third-order valence-corrected chi connectivity index (χ3v) is 6.28. The molecule has 1 aliphatic heterocycles. The van der Waals surface area contributed by atoms with Gasteiger partial charge in [0.25, 0.3) is 0 Å². The number of hydrogen-bond acceptors (Lipinski definition) is 5. The Bertz CT molecular complexity index is 1250.